The van der Waals surface area contributed by atoms with Gasteiger partial charge in [-0.15, -0.1) is 0 Å². The summed E-state index contributed by atoms with van der Waals surface area (Å²) in [5.74, 6) is 2.51. The zero-order valence-corrected chi connectivity index (χ0v) is 23.3. The second kappa shape index (κ2) is 17.4. The largest absolute Gasteiger partial charge is 0.449 e. The lowest BCUT2D eigenvalue weighted by molar-refractivity contribution is 0.112. The molecule has 0 atom stereocenters. The van der Waals surface area contributed by atoms with E-state index in [2.05, 4.69) is 9.98 Å². The Labute approximate surface area is 218 Å². The number of aliphatic imine (C=N–C) groups is 2. The van der Waals surface area contributed by atoms with Crippen molar-refractivity contribution in [3.8, 4) is 0 Å². The van der Waals surface area contributed by atoms with Crippen LogP contribution in [0.1, 0.15) is 105 Å². The van der Waals surface area contributed by atoms with Crippen molar-refractivity contribution in [3.63, 3.8) is 0 Å². The Balaban J connectivity index is 1.42. The Bertz CT molecular complexity index is 660. The number of ether oxygens (including phenoxy) is 2. The number of hydrogen-bond donors (Lipinski definition) is 0. The Hall–Kier alpha value is -2.12. The molecular formula is C28H50N4O4. The van der Waals surface area contributed by atoms with Crippen molar-refractivity contribution >= 4 is 23.9 Å². The molecule has 0 aromatic heterocycles. The molecular weight excluding hydrogens is 456 g/mol. The van der Waals surface area contributed by atoms with Crippen molar-refractivity contribution in [2.75, 3.05) is 39.4 Å². The molecule has 0 fully saturated rings. The van der Waals surface area contributed by atoms with E-state index in [-0.39, 0.29) is 12.2 Å². The lowest BCUT2D eigenvalue weighted by Gasteiger charge is -2.18. The van der Waals surface area contributed by atoms with Crippen LogP contribution < -0.4 is 0 Å². The predicted molar refractivity (Wildman–Crippen MR) is 146 cm³/mol. The zero-order chi connectivity index (χ0) is 26.2. The van der Waals surface area contributed by atoms with E-state index in [0.29, 0.717) is 51.2 Å². The second-order valence-corrected chi connectivity index (χ2v) is 10.9. The Morgan fingerprint density at radius 2 is 0.972 bits per heavy atom. The maximum absolute atomic E-state index is 12.2. The highest BCUT2D eigenvalue weighted by atomic mass is 16.6. The molecule has 2 aliphatic rings. The van der Waals surface area contributed by atoms with Crippen LogP contribution in [0, 0.1) is 11.8 Å². The number of carbonyl (C=O) groups excluding carboxylic acids is 2. The van der Waals surface area contributed by atoms with Crippen molar-refractivity contribution in [2.45, 2.75) is 105 Å². The highest BCUT2D eigenvalue weighted by Gasteiger charge is 2.25. The molecule has 2 amide bonds. The molecule has 0 radical (unpaired) electrons. The summed E-state index contributed by atoms with van der Waals surface area (Å²) in [4.78, 5) is 36.9. The third-order valence-corrected chi connectivity index (χ3v) is 6.43. The maximum Gasteiger partial charge on any atom is 0.415 e. The molecule has 0 spiro atoms. The summed E-state index contributed by atoms with van der Waals surface area (Å²) in [6.45, 7) is 11.8. The van der Waals surface area contributed by atoms with E-state index >= 15 is 0 Å². The van der Waals surface area contributed by atoms with Gasteiger partial charge in [0.1, 0.15) is 11.7 Å². The van der Waals surface area contributed by atoms with Gasteiger partial charge in [0, 0.05) is 12.8 Å². The SMILES string of the molecule is CC(C)COC(=O)N1CCN=C1CCCCCCCCCCCCC1=NCCN1C(=O)OCC(C)C. The van der Waals surface area contributed by atoms with E-state index in [1.165, 1.54) is 51.4 Å². The van der Waals surface area contributed by atoms with Crippen LogP contribution in [0.5, 0.6) is 0 Å². The molecule has 8 heteroatoms. The number of amidine groups is 2. The Morgan fingerprint density at radius 3 is 1.31 bits per heavy atom. The highest BCUT2D eigenvalue weighted by molar-refractivity contribution is 5.97. The highest BCUT2D eigenvalue weighted by Crippen LogP contribution is 2.16. The second-order valence-electron chi connectivity index (χ2n) is 10.9. The summed E-state index contributed by atoms with van der Waals surface area (Å²) in [7, 11) is 0. The molecule has 2 aliphatic heterocycles. The number of rotatable bonds is 17. The van der Waals surface area contributed by atoms with E-state index in [1.54, 1.807) is 9.80 Å². The first-order valence-corrected chi connectivity index (χ1v) is 14.3. The minimum atomic E-state index is -0.238. The molecule has 2 rings (SSSR count). The molecule has 0 saturated heterocycles. The van der Waals surface area contributed by atoms with Crippen molar-refractivity contribution in [1.82, 2.24) is 9.80 Å². The molecule has 206 valence electrons. The van der Waals surface area contributed by atoms with Crippen molar-refractivity contribution in [1.29, 1.82) is 0 Å². The Morgan fingerprint density at radius 1 is 0.639 bits per heavy atom. The van der Waals surface area contributed by atoms with Crippen LogP contribution in [0.3, 0.4) is 0 Å². The summed E-state index contributed by atoms with van der Waals surface area (Å²) in [6, 6.07) is 0. The fourth-order valence-electron chi connectivity index (χ4n) is 4.42. The molecule has 36 heavy (non-hydrogen) atoms. The van der Waals surface area contributed by atoms with Crippen LogP contribution in [0.2, 0.25) is 0 Å². The molecule has 0 aromatic rings. The monoisotopic (exact) mass is 506 g/mol. The van der Waals surface area contributed by atoms with Crippen LogP contribution in [0.4, 0.5) is 9.59 Å². The summed E-state index contributed by atoms with van der Waals surface area (Å²) >= 11 is 0. The van der Waals surface area contributed by atoms with Gasteiger partial charge in [0.15, 0.2) is 0 Å². The third kappa shape index (κ3) is 11.7. The topological polar surface area (TPSA) is 83.8 Å². The van der Waals surface area contributed by atoms with Gasteiger partial charge in [-0.1, -0.05) is 79.1 Å². The predicted octanol–water partition coefficient (Wildman–Crippen LogP) is 6.68. The van der Waals surface area contributed by atoms with E-state index in [1.807, 2.05) is 27.7 Å². The normalized spacial score (nSPS) is 15.6. The van der Waals surface area contributed by atoms with Gasteiger partial charge in [0.05, 0.1) is 39.4 Å². The molecule has 0 unspecified atom stereocenters. The first kappa shape index (κ1) is 30.1. The van der Waals surface area contributed by atoms with Gasteiger partial charge in [-0.3, -0.25) is 19.8 Å². The first-order valence-electron chi connectivity index (χ1n) is 14.3. The molecule has 0 N–H and O–H groups in total. The smallest absolute Gasteiger partial charge is 0.415 e. The average Bonchev–Trinajstić information content (AvgIpc) is 3.51. The summed E-state index contributed by atoms with van der Waals surface area (Å²) in [5, 5.41) is 0. The van der Waals surface area contributed by atoms with Crippen LogP contribution in [-0.4, -0.2) is 73.1 Å². The van der Waals surface area contributed by atoms with Crippen LogP contribution in [0.15, 0.2) is 9.98 Å². The van der Waals surface area contributed by atoms with Gasteiger partial charge in [-0.05, 0) is 24.7 Å². The number of hydrogen-bond acceptors (Lipinski definition) is 6. The van der Waals surface area contributed by atoms with Crippen molar-refractivity contribution in [3.05, 3.63) is 0 Å². The van der Waals surface area contributed by atoms with E-state index in [4.69, 9.17) is 9.47 Å². The molecule has 0 aromatic carbocycles. The fraction of sp³-hybridized carbons (Fsp3) is 0.857. The zero-order valence-electron chi connectivity index (χ0n) is 23.3. The van der Waals surface area contributed by atoms with Gasteiger partial charge in [-0.2, -0.15) is 0 Å². The number of amides is 2. The minimum Gasteiger partial charge on any atom is -0.449 e. The fourth-order valence-corrected chi connectivity index (χ4v) is 4.42. The minimum absolute atomic E-state index is 0.238. The van der Waals surface area contributed by atoms with E-state index < -0.39 is 0 Å². The average molecular weight is 507 g/mol. The number of unbranched alkanes of at least 4 members (excludes halogenated alkanes) is 9. The third-order valence-electron chi connectivity index (χ3n) is 6.43. The van der Waals surface area contributed by atoms with Gasteiger partial charge < -0.3 is 9.47 Å². The molecule has 2 heterocycles. The van der Waals surface area contributed by atoms with Gasteiger partial charge >= 0.3 is 12.2 Å². The molecule has 0 aliphatic carbocycles. The van der Waals surface area contributed by atoms with Gasteiger partial charge in [-0.25, -0.2) is 9.59 Å². The lowest BCUT2D eigenvalue weighted by atomic mass is 10.0. The Kier molecular flexibility index (Phi) is 14.5. The van der Waals surface area contributed by atoms with Crippen LogP contribution in [-0.2, 0) is 9.47 Å². The van der Waals surface area contributed by atoms with Crippen molar-refractivity contribution < 1.29 is 19.1 Å². The molecule has 0 bridgehead atoms. The number of nitrogens with zero attached hydrogens (tertiary/aromatic N) is 4. The quantitative estimate of drug-likeness (QED) is 0.206. The summed E-state index contributed by atoms with van der Waals surface area (Å²) < 4.78 is 10.7. The van der Waals surface area contributed by atoms with E-state index in [9.17, 15) is 9.59 Å². The van der Waals surface area contributed by atoms with Gasteiger partial charge in [0.25, 0.3) is 0 Å². The summed E-state index contributed by atoms with van der Waals surface area (Å²) in [5.41, 5.74) is 0. The molecule has 8 nitrogen and oxygen atoms in total. The maximum atomic E-state index is 12.2. The molecule has 0 saturated carbocycles. The standard InChI is InChI=1S/C28H50N4O4/c1-23(2)21-35-27(33)31-19-17-29-25(31)15-13-11-9-7-5-6-8-10-12-14-16-26-30-18-20-32(26)28(34)36-22-24(3)4/h23-24H,5-22H2,1-4H3. The summed E-state index contributed by atoms with van der Waals surface area (Å²) in [6.07, 6.45) is 13.4. The van der Waals surface area contributed by atoms with Crippen LogP contribution >= 0.6 is 0 Å². The van der Waals surface area contributed by atoms with E-state index in [0.717, 1.165) is 37.4 Å². The number of carbonyl (C=O) groups is 2. The first-order chi connectivity index (χ1) is 17.4. The van der Waals surface area contributed by atoms with Crippen molar-refractivity contribution in [2.24, 2.45) is 21.8 Å². The van der Waals surface area contributed by atoms with Gasteiger partial charge in [0.2, 0.25) is 0 Å². The lowest BCUT2D eigenvalue weighted by Crippen LogP contribution is -2.35. The van der Waals surface area contributed by atoms with Crippen LogP contribution in [0.25, 0.3) is 0 Å².